The molecular weight excluding hydrogens is 1140 g/mol. The number of allylic oxidation sites excluding steroid dienone is 3. The van der Waals surface area contributed by atoms with Crippen LogP contribution < -0.4 is 4.74 Å². The highest BCUT2D eigenvalue weighted by Gasteiger charge is 2.61. The molecule has 18 nitrogen and oxygen atoms in total. The molecule has 0 radical (unpaired) electrons. The van der Waals surface area contributed by atoms with Crippen LogP contribution in [0.15, 0.2) is 115 Å². The van der Waals surface area contributed by atoms with Gasteiger partial charge in [0.1, 0.15) is 18.6 Å². The quantitative estimate of drug-likeness (QED) is 0.00994. The minimum Gasteiger partial charge on any atom is -0.497 e. The fraction of sp³-hybridized carbons (Fsp3) is 0.623. The third-order valence-corrected chi connectivity index (χ3v) is 22.4. The van der Waals surface area contributed by atoms with Crippen molar-refractivity contribution >= 4 is 32.2 Å². The lowest BCUT2D eigenvalue weighted by molar-refractivity contribution is -0.358. The van der Waals surface area contributed by atoms with Crippen LogP contribution in [-0.2, 0) is 88.9 Å². The summed E-state index contributed by atoms with van der Waals surface area (Å²) in [5, 5.41) is 10.1. The van der Waals surface area contributed by atoms with Gasteiger partial charge >= 0.3 is 23.9 Å². The van der Waals surface area contributed by atoms with E-state index < -0.39 is 110 Å². The minimum atomic E-state index is -2.27. The molecule has 11 atom stereocenters. The Bertz CT molecular complexity index is 2640. The normalized spacial score (nSPS) is 25.8. The Morgan fingerprint density at radius 2 is 1.51 bits per heavy atom. The van der Waals surface area contributed by atoms with Crippen LogP contribution >= 0.6 is 0 Å². The summed E-state index contributed by atoms with van der Waals surface area (Å²) in [6, 6.07) is 19.9. The summed E-state index contributed by atoms with van der Waals surface area (Å²) in [5.74, 6) is -5.31. The van der Waals surface area contributed by atoms with Gasteiger partial charge in [0.2, 0.25) is 5.79 Å². The number of carboxylic acids is 1. The van der Waals surface area contributed by atoms with E-state index in [4.69, 9.17) is 61.3 Å². The summed E-state index contributed by atoms with van der Waals surface area (Å²) in [6.07, 6.45) is 9.16. The number of benzene rings is 2. The molecule has 0 amide bonds. The Hall–Kier alpha value is -5.32. The maximum atomic E-state index is 14.0. The van der Waals surface area contributed by atoms with E-state index in [0.29, 0.717) is 37.2 Å². The SMILES string of the molecule is C=C1C[C@@H](C[C@]2(OC)O[C@H](C[C@H](CC(=O)O)O[Si](CC)(CC)CC)C[C@H](OC(C)=O)C2(C)C)O[C@@H](/C=C/C(C)(C)[C@]2(OC)O[C@H](C[C@@H](OCc3ccc(OC)cc3)[C@@H](C)OCOCc3ccccc3)C/C(=C\C(=O)OC)[C@@H]2OC(=O)/C=C/C=C/CCC)C1. The van der Waals surface area contributed by atoms with Crippen molar-refractivity contribution in [2.24, 2.45) is 10.8 Å². The highest BCUT2D eigenvalue weighted by molar-refractivity contribution is 6.73. The third-order valence-electron chi connectivity index (χ3n) is 17.7. The lowest BCUT2D eigenvalue weighted by Gasteiger charge is -2.55. The zero-order chi connectivity index (χ0) is 64.7. The smallest absolute Gasteiger partial charge is 0.331 e. The first-order valence-electron chi connectivity index (χ1n) is 31.2. The predicted octanol–water partition coefficient (Wildman–Crippen LogP) is 13.0. The van der Waals surface area contributed by atoms with Gasteiger partial charge in [-0.25, -0.2) is 9.59 Å². The Morgan fingerprint density at radius 1 is 0.818 bits per heavy atom. The van der Waals surface area contributed by atoms with Crippen LogP contribution in [0.25, 0.3) is 0 Å². The minimum absolute atomic E-state index is 0.0247. The van der Waals surface area contributed by atoms with Gasteiger partial charge in [0, 0.05) is 58.0 Å². The van der Waals surface area contributed by atoms with Gasteiger partial charge < -0.3 is 66.4 Å². The van der Waals surface area contributed by atoms with Crippen LogP contribution in [-0.4, -0.2) is 139 Å². The van der Waals surface area contributed by atoms with Crippen LogP contribution in [0.3, 0.4) is 0 Å². The van der Waals surface area contributed by atoms with Crippen molar-refractivity contribution in [1.29, 1.82) is 0 Å². The molecule has 0 aromatic heterocycles. The van der Waals surface area contributed by atoms with Crippen molar-refractivity contribution in [3.8, 4) is 5.75 Å². The van der Waals surface area contributed by atoms with E-state index in [1.54, 1.807) is 26.4 Å². The molecule has 0 spiro atoms. The molecule has 3 aliphatic rings. The summed E-state index contributed by atoms with van der Waals surface area (Å²) < 4.78 is 83.5. The van der Waals surface area contributed by atoms with E-state index in [0.717, 1.165) is 47.7 Å². The second-order valence-electron chi connectivity index (χ2n) is 24.5. The molecule has 490 valence electrons. The number of hydrogen-bond donors (Lipinski definition) is 1. The number of carbonyl (C=O) groups excluding carboxylic acids is 3. The van der Waals surface area contributed by atoms with Gasteiger partial charge in [-0.2, -0.15) is 0 Å². The number of unbranched alkanes of at least 4 members (excludes halogenated alkanes) is 1. The van der Waals surface area contributed by atoms with Gasteiger partial charge in [-0.05, 0) is 86.0 Å². The molecule has 5 rings (SSSR count). The molecule has 88 heavy (non-hydrogen) atoms. The number of carbonyl (C=O) groups is 4. The van der Waals surface area contributed by atoms with E-state index in [1.807, 2.05) is 107 Å². The molecule has 3 saturated heterocycles. The lowest BCUT2D eigenvalue weighted by Crippen LogP contribution is -2.63. The molecule has 1 N–H and O–H groups in total. The maximum absolute atomic E-state index is 14.0. The molecule has 2 aromatic rings. The third kappa shape index (κ3) is 20.3. The number of methoxy groups -OCH3 is 4. The van der Waals surface area contributed by atoms with Crippen molar-refractivity contribution in [3.05, 3.63) is 126 Å². The van der Waals surface area contributed by atoms with Crippen molar-refractivity contribution < 1.29 is 85.6 Å². The van der Waals surface area contributed by atoms with Crippen LogP contribution in [0.2, 0.25) is 18.1 Å². The van der Waals surface area contributed by atoms with Gasteiger partial charge in [0.15, 0.2) is 20.2 Å². The van der Waals surface area contributed by atoms with E-state index in [1.165, 1.54) is 33.3 Å². The van der Waals surface area contributed by atoms with E-state index in [9.17, 15) is 24.3 Å². The lowest BCUT2D eigenvalue weighted by atomic mass is 9.70. The highest BCUT2D eigenvalue weighted by atomic mass is 28.4. The van der Waals surface area contributed by atoms with Crippen LogP contribution in [0, 0.1) is 10.8 Å². The molecule has 0 saturated carbocycles. The maximum Gasteiger partial charge on any atom is 0.331 e. The Labute approximate surface area is 524 Å². The largest absolute Gasteiger partial charge is 0.497 e. The van der Waals surface area contributed by atoms with Crippen LogP contribution in [0.5, 0.6) is 5.75 Å². The van der Waals surface area contributed by atoms with Gasteiger partial charge in [-0.15, -0.1) is 0 Å². The number of rotatable bonds is 35. The first kappa shape index (κ1) is 73.4. The first-order valence-corrected chi connectivity index (χ1v) is 33.8. The average Bonchev–Trinajstić information content (AvgIpc) is 1.07. The molecule has 3 heterocycles. The number of hydrogen-bond acceptors (Lipinski definition) is 17. The zero-order valence-electron chi connectivity index (χ0n) is 54.8. The summed E-state index contributed by atoms with van der Waals surface area (Å²) in [5.41, 5.74) is 1.06. The van der Waals surface area contributed by atoms with Crippen LogP contribution in [0.1, 0.15) is 145 Å². The standard InChI is InChI=1S/C69H102O18Si/c1-16-20-21-22-26-29-63(73)84-65-53(39-64(74)76-13)38-56(41-60(80-46-52-30-32-54(75-12)33-31-52)49(6)81-47-79-45-51-27-24-23-25-28-51)86-69(65,78-15)66(8,9)35-34-55-36-48(5)37-59(83-55)44-68(77-14)67(10,11)61(82-50(7)70)42-57(85-68)40-58(43-62(71)72)87-88(17-2,18-3)19-4/h21-35,39,49,55-61,65H,5,16-20,36-38,40-47H2,1-4,6-15H3,(H,71,72)/b22-21+,29-26+,35-34+,53-39+/t49-,55+,56+,57-,58-,59+,60-,61+,65+,68+,69-/m1/s1. The molecule has 2 aromatic carbocycles. The monoisotopic (exact) mass is 1250 g/mol. The van der Waals surface area contributed by atoms with E-state index in [-0.39, 0.29) is 45.5 Å². The fourth-order valence-electron chi connectivity index (χ4n) is 12.2. The number of esters is 3. The fourth-order valence-corrected chi connectivity index (χ4v) is 15.1. The highest BCUT2D eigenvalue weighted by Crippen LogP contribution is 2.52. The molecule has 3 aliphatic heterocycles. The number of ether oxygens (including phenoxy) is 12. The van der Waals surface area contributed by atoms with Gasteiger partial charge in [-0.3, -0.25) is 9.59 Å². The molecule has 3 fully saturated rings. The van der Waals surface area contributed by atoms with Crippen molar-refractivity contribution in [1.82, 2.24) is 0 Å². The average molecular weight is 1250 g/mol. The second-order valence-corrected chi connectivity index (χ2v) is 29.2. The Morgan fingerprint density at radius 3 is 2.12 bits per heavy atom. The molecule has 0 aliphatic carbocycles. The first-order chi connectivity index (χ1) is 41.9. The number of carboxylic acid groups (broad SMARTS) is 1. The molecule has 19 heteroatoms. The second kappa shape index (κ2) is 34.8. The van der Waals surface area contributed by atoms with Crippen molar-refractivity contribution in [3.63, 3.8) is 0 Å². The number of aliphatic carboxylic acids is 1. The predicted molar refractivity (Wildman–Crippen MR) is 337 cm³/mol. The summed E-state index contributed by atoms with van der Waals surface area (Å²) in [7, 11) is 3.68. The molecular formula is C69H102O18Si. The topological polar surface area (TPSA) is 208 Å². The Balaban J connectivity index is 1.53. The van der Waals surface area contributed by atoms with Gasteiger partial charge in [0.05, 0.1) is 82.0 Å². The van der Waals surface area contributed by atoms with Crippen LogP contribution in [0.4, 0.5) is 0 Å². The van der Waals surface area contributed by atoms with Crippen molar-refractivity contribution in [2.45, 2.75) is 231 Å². The zero-order valence-corrected chi connectivity index (χ0v) is 55.8. The molecule has 0 unspecified atom stereocenters. The summed E-state index contributed by atoms with van der Waals surface area (Å²) in [4.78, 5) is 52.7. The summed E-state index contributed by atoms with van der Waals surface area (Å²) in [6.45, 7) is 24.4. The van der Waals surface area contributed by atoms with Crippen molar-refractivity contribution in [2.75, 3.05) is 35.2 Å². The van der Waals surface area contributed by atoms with Gasteiger partial charge in [-0.1, -0.05) is 147 Å². The Kier molecular flexibility index (Phi) is 29.0. The van der Waals surface area contributed by atoms with E-state index >= 15 is 0 Å². The van der Waals surface area contributed by atoms with Gasteiger partial charge in [0.25, 0.3) is 0 Å². The summed E-state index contributed by atoms with van der Waals surface area (Å²) >= 11 is 0. The molecule has 0 bridgehead atoms. The van der Waals surface area contributed by atoms with E-state index in [2.05, 4.69) is 34.3 Å².